The molecule has 0 spiro atoms. The van der Waals surface area contributed by atoms with Gasteiger partial charge in [0.15, 0.2) is 8.32 Å². The van der Waals surface area contributed by atoms with Crippen LogP contribution in [-0.2, 0) is 0 Å². The van der Waals surface area contributed by atoms with Crippen molar-refractivity contribution in [1.29, 1.82) is 0 Å². The van der Waals surface area contributed by atoms with E-state index in [9.17, 15) is 4.80 Å². The Hall–Kier alpha value is 0.0969. The van der Waals surface area contributed by atoms with E-state index in [1.807, 2.05) is 20.1 Å². The van der Waals surface area contributed by atoms with Crippen molar-refractivity contribution < 1.29 is 4.80 Å². The topological polar surface area (TPSA) is 44.3 Å². The molecule has 0 aliphatic carbocycles. The Morgan fingerprint density at radius 2 is 1.90 bits per heavy atom. The fraction of sp³-hybridized carbons (Fsp3) is 1.00. The highest BCUT2D eigenvalue weighted by atomic mass is 28.4. The fourth-order valence-corrected chi connectivity index (χ4v) is 1.40. The number of hydrogen-bond donors (Lipinski definition) is 3. The third kappa shape index (κ3) is 8.10. The predicted octanol–water partition coefficient (Wildman–Crippen LogP) is -0.468. The summed E-state index contributed by atoms with van der Waals surface area (Å²) in [4.78, 5) is 9.37. The van der Waals surface area contributed by atoms with E-state index in [0.29, 0.717) is 0 Å². The Morgan fingerprint density at radius 3 is 2.30 bits per heavy atom. The van der Waals surface area contributed by atoms with Gasteiger partial charge < -0.3 is 15.4 Å². The minimum absolute atomic E-state index is 0.786. The lowest BCUT2D eigenvalue weighted by molar-refractivity contribution is 0.535. The van der Waals surface area contributed by atoms with Gasteiger partial charge in [-0.15, -0.1) is 0 Å². The molecule has 0 amide bonds. The summed E-state index contributed by atoms with van der Waals surface area (Å²) in [6.07, 6.45) is 0.786. The van der Waals surface area contributed by atoms with Gasteiger partial charge in [0.1, 0.15) is 0 Å². The Kier molecular flexibility index (Phi) is 4.89. The van der Waals surface area contributed by atoms with Crippen LogP contribution in [0.5, 0.6) is 0 Å². The van der Waals surface area contributed by atoms with Crippen molar-refractivity contribution in [2.24, 2.45) is 0 Å². The monoisotopic (exact) mass is 162 g/mol. The van der Waals surface area contributed by atoms with Crippen LogP contribution in [0.15, 0.2) is 0 Å². The van der Waals surface area contributed by atoms with E-state index >= 15 is 0 Å². The summed E-state index contributed by atoms with van der Waals surface area (Å²) in [6, 6.07) is 0. The second kappa shape index (κ2) is 4.84. The fourth-order valence-electron chi connectivity index (χ4n) is 0.608. The van der Waals surface area contributed by atoms with Crippen molar-refractivity contribution in [1.82, 2.24) is 10.6 Å². The van der Waals surface area contributed by atoms with E-state index in [1.54, 1.807) is 0 Å². The molecule has 0 aromatic carbocycles. The van der Waals surface area contributed by atoms with Gasteiger partial charge in [0, 0.05) is 19.3 Å². The van der Waals surface area contributed by atoms with Crippen LogP contribution in [0.4, 0.5) is 0 Å². The Labute approximate surface area is 64.0 Å². The van der Waals surface area contributed by atoms with E-state index in [2.05, 4.69) is 10.6 Å². The second-order valence-electron chi connectivity index (χ2n) is 3.09. The van der Waals surface area contributed by atoms with Crippen LogP contribution in [0, 0.1) is 0 Å². The minimum atomic E-state index is -1.85. The first-order valence-corrected chi connectivity index (χ1v) is 6.79. The zero-order valence-corrected chi connectivity index (χ0v) is 8.07. The van der Waals surface area contributed by atoms with Crippen molar-refractivity contribution in [3.63, 3.8) is 0 Å². The molecule has 0 unspecified atom stereocenters. The zero-order chi connectivity index (χ0) is 8.04. The minimum Gasteiger partial charge on any atom is -0.431 e. The van der Waals surface area contributed by atoms with Crippen molar-refractivity contribution in [3.05, 3.63) is 0 Å². The second-order valence-corrected chi connectivity index (χ2v) is 7.07. The van der Waals surface area contributed by atoms with Crippen molar-refractivity contribution in [2.45, 2.75) is 13.1 Å². The molecule has 0 rings (SSSR count). The molecule has 4 heteroatoms. The van der Waals surface area contributed by atoms with Gasteiger partial charge in [-0.2, -0.15) is 0 Å². The highest BCUT2D eigenvalue weighted by molar-refractivity contribution is 6.69. The van der Waals surface area contributed by atoms with Gasteiger partial charge in [0.2, 0.25) is 0 Å². The Morgan fingerprint density at radius 1 is 1.30 bits per heavy atom. The van der Waals surface area contributed by atoms with Gasteiger partial charge >= 0.3 is 0 Å². The molecule has 0 atom stereocenters. The zero-order valence-electron chi connectivity index (χ0n) is 7.07. The summed E-state index contributed by atoms with van der Waals surface area (Å²) in [6.45, 7) is 5.76. The van der Waals surface area contributed by atoms with Gasteiger partial charge in [-0.25, -0.2) is 0 Å². The van der Waals surface area contributed by atoms with E-state index < -0.39 is 8.32 Å². The summed E-state index contributed by atoms with van der Waals surface area (Å²) in [5.41, 5.74) is 0. The maximum absolute atomic E-state index is 9.37. The molecule has 0 heterocycles. The van der Waals surface area contributed by atoms with Gasteiger partial charge in [0.05, 0.1) is 0 Å². The highest BCUT2D eigenvalue weighted by Gasteiger charge is 2.14. The summed E-state index contributed by atoms with van der Waals surface area (Å²) in [5.74, 6) is 0. The van der Waals surface area contributed by atoms with Crippen LogP contribution in [0.1, 0.15) is 0 Å². The van der Waals surface area contributed by atoms with Gasteiger partial charge in [-0.05, 0) is 20.1 Å². The summed E-state index contributed by atoms with van der Waals surface area (Å²) in [7, 11) is 0.0737. The summed E-state index contributed by atoms with van der Waals surface area (Å²) in [5, 5.41) is 6.20. The first-order chi connectivity index (χ1) is 4.56. The SMILES string of the molecule is CNCCNC[Si](C)(C)O. The maximum Gasteiger partial charge on any atom is 0.196 e. The molecule has 10 heavy (non-hydrogen) atoms. The van der Waals surface area contributed by atoms with Crippen LogP contribution in [0.3, 0.4) is 0 Å². The Bertz CT molecular complexity index is 82.3. The molecule has 0 aromatic heterocycles. The standard InChI is InChI=1S/C6H18N2OSi/c1-7-4-5-8-6-10(2,3)9/h7-9H,4-6H2,1-3H3. The predicted molar refractivity (Wildman–Crippen MR) is 46.5 cm³/mol. The van der Waals surface area contributed by atoms with Crippen molar-refractivity contribution >= 4 is 8.32 Å². The molecular formula is C6H18N2OSi. The molecule has 3 nitrogen and oxygen atoms in total. The van der Waals surface area contributed by atoms with Crippen LogP contribution >= 0.6 is 0 Å². The lowest BCUT2D eigenvalue weighted by Crippen LogP contribution is -2.41. The number of likely N-dealkylation sites (N-methyl/N-ethyl adjacent to an activating group) is 1. The van der Waals surface area contributed by atoms with Gasteiger partial charge in [-0.3, -0.25) is 0 Å². The van der Waals surface area contributed by atoms with E-state index in [-0.39, 0.29) is 0 Å². The Balaban J connectivity index is 3.04. The van der Waals surface area contributed by atoms with Crippen molar-refractivity contribution in [2.75, 3.05) is 26.3 Å². The molecule has 3 N–H and O–H groups in total. The molecular weight excluding hydrogens is 144 g/mol. The number of rotatable bonds is 5. The molecule has 0 aliphatic heterocycles. The maximum atomic E-state index is 9.37. The van der Waals surface area contributed by atoms with Crippen LogP contribution in [0.25, 0.3) is 0 Å². The molecule has 0 fully saturated rings. The largest absolute Gasteiger partial charge is 0.431 e. The van der Waals surface area contributed by atoms with E-state index in [0.717, 1.165) is 19.3 Å². The molecule has 62 valence electrons. The number of hydrogen-bond acceptors (Lipinski definition) is 3. The highest BCUT2D eigenvalue weighted by Crippen LogP contribution is 1.90. The molecule has 0 aromatic rings. The third-order valence-corrected chi connectivity index (χ3v) is 2.22. The summed E-state index contributed by atoms with van der Waals surface area (Å²) >= 11 is 0. The van der Waals surface area contributed by atoms with E-state index in [4.69, 9.17) is 0 Å². The number of nitrogens with one attached hydrogen (secondary N) is 2. The molecule has 0 aliphatic rings. The smallest absolute Gasteiger partial charge is 0.196 e. The van der Waals surface area contributed by atoms with E-state index in [1.165, 1.54) is 0 Å². The first kappa shape index (κ1) is 10.1. The normalized spacial score (nSPS) is 12.0. The average molecular weight is 162 g/mol. The van der Waals surface area contributed by atoms with Crippen LogP contribution in [-0.4, -0.2) is 39.4 Å². The molecule has 0 radical (unpaired) electrons. The average Bonchev–Trinajstić information content (AvgIpc) is 1.78. The lowest BCUT2D eigenvalue weighted by Gasteiger charge is -2.14. The van der Waals surface area contributed by atoms with Crippen molar-refractivity contribution in [3.8, 4) is 0 Å². The van der Waals surface area contributed by atoms with Gasteiger partial charge in [-0.1, -0.05) is 0 Å². The van der Waals surface area contributed by atoms with Crippen LogP contribution in [0.2, 0.25) is 13.1 Å². The molecule has 0 saturated carbocycles. The lowest BCUT2D eigenvalue weighted by atomic mass is 10.6. The van der Waals surface area contributed by atoms with Gasteiger partial charge in [0.25, 0.3) is 0 Å². The summed E-state index contributed by atoms with van der Waals surface area (Å²) < 4.78 is 0. The third-order valence-electron chi connectivity index (χ3n) is 1.11. The molecule has 0 saturated heterocycles. The molecule has 0 bridgehead atoms. The first-order valence-electron chi connectivity index (χ1n) is 3.64. The van der Waals surface area contributed by atoms with Crippen LogP contribution < -0.4 is 10.6 Å². The quantitative estimate of drug-likeness (QED) is 0.378.